The van der Waals surface area contributed by atoms with Crippen LogP contribution in [0.5, 0.6) is 5.75 Å². The Balaban J connectivity index is 1.68. The van der Waals surface area contributed by atoms with E-state index in [1.54, 1.807) is 18.7 Å². The van der Waals surface area contributed by atoms with E-state index >= 15 is 0 Å². The van der Waals surface area contributed by atoms with Gasteiger partial charge < -0.3 is 14.4 Å². The molecule has 8 nitrogen and oxygen atoms in total. The van der Waals surface area contributed by atoms with E-state index in [0.717, 1.165) is 30.1 Å². The van der Waals surface area contributed by atoms with Crippen molar-refractivity contribution in [1.29, 1.82) is 0 Å². The number of ether oxygens (including phenoxy) is 1. The van der Waals surface area contributed by atoms with Crippen molar-refractivity contribution in [3.05, 3.63) is 63.2 Å². The van der Waals surface area contributed by atoms with E-state index in [-0.39, 0.29) is 11.1 Å². The molecule has 0 saturated heterocycles. The number of fused-ring (bicyclic) bond motifs is 2. The summed E-state index contributed by atoms with van der Waals surface area (Å²) in [7, 11) is 3.43. The van der Waals surface area contributed by atoms with Crippen LogP contribution in [0.1, 0.15) is 27.2 Å². The number of carboxylic acids is 1. The summed E-state index contributed by atoms with van der Waals surface area (Å²) >= 11 is 0. The maximum atomic E-state index is 12.9. The van der Waals surface area contributed by atoms with Crippen molar-refractivity contribution < 1.29 is 14.6 Å². The van der Waals surface area contributed by atoms with Gasteiger partial charge in [-0.25, -0.2) is 4.79 Å². The predicted molar refractivity (Wildman–Crippen MR) is 98.2 cm³/mol. The molecular formula is C19H20N4O4. The fraction of sp³-hybridized carbons (Fsp3) is 0.316. The average molecular weight is 368 g/mol. The molecule has 0 unspecified atom stereocenters. The highest BCUT2D eigenvalue weighted by Crippen LogP contribution is 2.21. The number of benzene rings is 1. The molecular weight excluding hydrogens is 348 g/mol. The molecule has 0 amide bonds. The molecule has 0 spiro atoms. The lowest BCUT2D eigenvalue weighted by atomic mass is 10.1. The van der Waals surface area contributed by atoms with Crippen molar-refractivity contribution in [3.8, 4) is 5.75 Å². The van der Waals surface area contributed by atoms with E-state index in [9.17, 15) is 14.7 Å². The zero-order valence-corrected chi connectivity index (χ0v) is 15.2. The van der Waals surface area contributed by atoms with Gasteiger partial charge >= 0.3 is 5.97 Å². The molecule has 0 radical (unpaired) electrons. The molecule has 0 fully saturated rings. The van der Waals surface area contributed by atoms with E-state index in [1.807, 2.05) is 24.3 Å². The Bertz CT molecular complexity index is 1080. The Hall–Kier alpha value is -3.13. The third-order valence-electron chi connectivity index (χ3n) is 5.11. The molecule has 0 aliphatic carbocycles. The van der Waals surface area contributed by atoms with Gasteiger partial charge in [-0.05, 0) is 17.7 Å². The number of carboxylic acid groups (broad SMARTS) is 1. The maximum Gasteiger partial charge on any atom is 0.341 e. The van der Waals surface area contributed by atoms with E-state index in [0.29, 0.717) is 24.2 Å². The van der Waals surface area contributed by atoms with Crippen molar-refractivity contribution in [3.63, 3.8) is 0 Å². The van der Waals surface area contributed by atoms with Crippen molar-refractivity contribution in [2.75, 3.05) is 13.7 Å². The van der Waals surface area contributed by atoms with Gasteiger partial charge in [0.15, 0.2) is 5.65 Å². The first kappa shape index (κ1) is 17.3. The highest BCUT2D eigenvalue weighted by molar-refractivity contribution is 5.94. The standard InChI is InChI=1S/C19H20N4O4/c1-21-16-7-8-22(10-12-3-5-13(27-2)6-4-12)11-15(16)18(24)23-17(21)14(9-20-23)19(25)26/h3-6,9H,7-8,10-11H2,1-2H3,(H,25,26). The summed E-state index contributed by atoms with van der Waals surface area (Å²) in [4.78, 5) is 26.5. The Morgan fingerprint density at radius 3 is 2.70 bits per heavy atom. The number of hydrogen-bond donors (Lipinski definition) is 1. The third kappa shape index (κ3) is 2.87. The van der Waals surface area contributed by atoms with Gasteiger partial charge in [0.05, 0.1) is 18.9 Å². The van der Waals surface area contributed by atoms with E-state index in [2.05, 4.69) is 10.00 Å². The molecule has 1 aliphatic rings. The third-order valence-corrected chi connectivity index (χ3v) is 5.11. The summed E-state index contributed by atoms with van der Waals surface area (Å²) in [6.45, 7) is 2.02. The van der Waals surface area contributed by atoms with Gasteiger partial charge in [-0.1, -0.05) is 12.1 Å². The lowest BCUT2D eigenvalue weighted by Crippen LogP contribution is -2.38. The smallest absolute Gasteiger partial charge is 0.341 e. The quantitative estimate of drug-likeness (QED) is 0.747. The number of methoxy groups -OCH3 is 1. The van der Waals surface area contributed by atoms with Crippen LogP contribution in [0, 0.1) is 0 Å². The SMILES string of the molecule is COc1ccc(CN2CCc3c(c(=O)n4ncc(C(=O)O)c4n3C)C2)cc1. The molecule has 0 atom stereocenters. The Kier molecular flexibility index (Phi) is 4.19. The minimum absolute atomic E-state index is 0.0399. The van der Waals surface area contributed by atoms with Crippen molar-refractivity contribution in [2.24, 2.45) is 7.05 Å². The zero-order valence-electron chi connectivity index (χ0n) is 15.2. The fourth-order valence-corrected chi connectivity index (χ4v) is 3.71. The number of aryl methyl sites for hydroxylation is 1. The fourth-order valence-electron chi connectivity index (χ4n) is 3.71. The van der Waals surface area contributed by atoms with Gasteiger partial charge in [0, 0.05) is 38.8 Å². The minimum Gasteiger partial charge on any atom is -0.497 e. The van der Waals surface area contributed by atoms with E-state index in [1.165, 1.54) is 10.7 Å². The molecule has 0 bridgehead atoms. The first-order chi connectivity index (χ1) is 13.0. The molecule has 140 valence electrons. The van der Waals surface area contributed by atoms with Crippen LogP contribution in [-0.4, -0.2) is 43.8 Å². The Morgan fingerprint density at radius 1 is 1.30 bits per heavy atom. The molecule has 4 rings (SSSR count). The first-order valence-corrected chi connectivity index (χ1v) is 8.66. The molecule has 8 heteroatoms. The number of carbonyl (C=O) groups is 1. The predicted octanol–water partition coefficient (Wildman–Crippen LogP) is 1.30. The number of rotatable bonds is 4. The van der Waals surface area contributed by atoms with Crippen LogP contribution in [-0.2, 0) is 26.6 Å². The van der Waals surface area contributed by atoms with Crippen LogP contribution in [0.15, 0.2) is 35.3 Å². The van der Waals surface area contributed by atoms with Crippen molar-refractivity contribution in [1.82, 2.24) is 19.1 Å². The molecule has 1 aromatic carbocycles. The van der Waals surface area contributed by atoms with E-state index < -0.39 is 5.97 Å². The van der Waals surface area contributed by atoms with Crippen molar-refractivity contribution >= 4 is 11.6 Å². The van der Waals surface area contributed by atoms with Gasteiger partial charge in [0.2, 0.25) is 0 Å². The van der Waals surface area contributed by atoms with Gasteiger partial charge in [0.1, 0.15) is 11.3 Å². The van der Waals surface area contributed by atoms with Crippen LogP contribution in [0.4, 0.5) is 0 Å². The van der Waals surface area contributed by atoms with Crippen molar-refractivity contribution in [2.45, 2.75) is 19.5 Å². The molecule has 3 heterocycles. The molecule has 0 saturated carbocycles. The second-order valence-electron chi connectivity index (χ2n) is 6.70. The number of aromatic carboxylic acids is 1. The number of hydrogen-bond acceptors (Lipinski definition) is 5. The Morgan fingerprint density at radius 2 is 2.04 bits per heavy atom. The topological polar surface area (TPSA) is 89.1 Å². The van der Waals surface area contributed by atoms with Gasteiger partial charge in [-0.3, -0.25) is 9.69 Å². The average Bonchev–Trinajstić information content (AvgIpc) is 3.12. The summed E-state index contributed by atoms with van der Waals surface area (Å²) in [5.74, 6) is -0.274. The van der Waals surface area contributed by atoms with Gasteiger partial charge in [-0.2, -0.15) is 9.61 Å². The lowest BCUT2D eigenvalue weighted by Gasteiger charge is -2.29. The molecule has 1 aliphatic heterocycles. The van der Waals surface area contributed by atoms with Crippen LogP contribution in [0.2, 0.25) is 0 Å². The molecule has 2 aromatic heterocycles. The summed E-state index contributed by atoms with van der Waals surface area (Å²) in [6, 6.07) is 7.88. The van der Waals surface area contributed by atoms with Gasteiger partial charge in [-0.15, -0.1) is 0 Å². The lowest BCUT2D eigenvalue weighted by molar-refractivity contribution is 0.0698. The normalized spacial score (nSPS) is 14.3. The highest BCUT2D eigenvalue weighted by atomic mass is 16.5. The largest absolute Gasteiger partial charge is 0.497 e. The summed E-state index contributed by atoms with van der Waals surface area (Å²) in [5, 5.41) is 13.4. The van der Waals surface area contributed by atoms with E-state index in [4.69, 9.17) is 4.74 Å². The summed E-state index contributed by atoms with van der Waals surface area (Å²) < 4.78 is 8.17. The highest BCUT2D eigenvalue weighted by Gasteiger charge is 2.26. The number of aromatic nitrogens is 3. The van der Waals surface area contributed by atoms with Crippen LogP contribution in [0.3, 0.4) is 0 Å². The number of nitrogens with zero attached hydrogens (tertiary/aromatic N) is 4. The van der Waals surface area contributed by atoms with Crippen LogP contribution in [0.25, 0.3) is 5.65 Å². The second kappa shape index (κ2) is 6.55. The Labute approximate surface area is 155 Å². The minimum atomic E-state index is -1.09. The van der Waals surface area contributed by atoms with Crippen LogP contribution < -0.4 is 10.3 Å². The second-order valence-corrected chi connectivity index (χ2v) is 6.70. The monoisotopic (exact) mass is 368 g/mol. The molecule has 27 heavy (non-hydrogen) atoms. The maximum absolute atomic E-state index is 12.9. The molecule has 1 N–H and O–H groups in total. The first-order valence-electron chi connectivity index (χ1n) is 8.66. The summed E-state index contributed by atoms with van der Waals surface area (Å²) in [6.07, 6.45) is 1.91. The van der Waals surface area contributed by atoms with Gasteiger partial charge in [0.25, 0.3) is 5.56 Å². The molecule has 3 aromatic rings. The zero-order chi connectivity index (χ0) is 19.1. The summed E-state index contributed by atoms with van der Waals surface area (Å²) in [5.41, 5.74) is 2.81. The van der Waals surface area contributed by atoms with Crippen LogP contribution >= 0.6 is 0 Å².